The lowest BCUT2D eigenvalue weighted by atomic mass is 9.90. The van der Waals surface area contributed by atoms with Crippen molar-refractivity contribution in [3.05, 3.63) is 15.5 Å². The second-order valence-corrected chi connectivity index (χ2v) is 5.61. The molecule has 0 saturated carbocycles. The fraction of sp³-hybridized carbons (Fsp3) is 0.636. The van der Waals surface area contributed by atoms with E-state index in [-0.39, 0.29) is 11.9 Å². The van der Waals surface area contributed by atoms with Gasteiger partial charge in [0.25, 0.3) is 5.91 Å². The van der Waals surface area contributed by atoms with Crippen molar-refractivity contribution in [2.75, 3.05) is 13.1 Å². The predicted molar refractivity (Wildman–Crippen MR) is 69.4 cm³/mol. The highest BCUT2D eigenvalue weighted by molar-refractivity contribution is 7.12. The number of thiazole rings is 1. The molecule has 2 heterocycles. The third-order valence-corrected chi connectivity index (χ3v) is 4.55. The van der Waals surface area contributed by atoms with Crippen LogP contribution >= 0.6 is 22.9 Å². The lowest BCUT2D eigenvalue weighted by molar-refractivity contribution is 0.0537. The summed E-state index contributed by atoms with van der Waals surface area (Å²) >= 11 is 7.19. The van der Waals surface area contributed by atoms with Crippen LogP contribution in [0, 0.1) is 5.92 Å². The quantitative estimate of drug-likeness (QED) is 0.897. The summed E-state index contributed by atoms with van der Waals surface area (Å²) in [5.74, 6) is 0.420. The smallest absolute Gasteiger partial charge is 0.267 e. The van der Waals surface area contributed by atoms with Gasteiger partial charge in [-0.1, -0.05) is 18.5 Å². The molecule has 6 heteroatoms. The Labute approximate surface area is 110 Å². The molecule has 1 aliphatic rings. The number of aromatic nitrogens is 1. The maximum absolute atomic E-state index is 12.4. The first kappa shape index (κ1) is 12.8. The topological polar surface area (TPSA) is 59.2 Å². The van der Waals surface area contributed by atoms with Gasteiger partial charge in [-0.25, -0.2) is 4.98 Å². The molecule has 1 aromatic rings. The summed E-state index contributed by atoms with van der Waals surface area (Å²) in [6, 6.07) is 0.120. The average Bonchev–Trinajstić information content (AvgIpc) is 2.74. The molecule has 1 aromatic heterocycles. The summed E-state index contributed by atoms with van der Waals surface area (Å²) in [5.41, 5.74) is 7.37. The van der Waals surface area contributed by atoms with Crippen LogP contribution in [0.15, 0.2) is 5.51 Å². The van der Waals surface area contributed by atoms with Crippen molar-refractivity contribution in [1.29, 1.82) is 0 Å². The van der Waals surface area contributed by atoms with Gasteiger partial charge in [0.1, 0.15) is 4.88 Å². The van der Waals surface area contributed by atoms with E-state index >= 15 is 0 Å². The molecule has 0 bridgehead atoms. The van der Waals surface area contributed by atoms with Gasteiger partial charge in [-0.05, 0) is 18.8 Å². The Hall–Kier alpha value is -0.650. The van der Waals surface area contributed by atoms with Crippen LogP contribution in [0.3, 0.4) is 0 Å². The van der Waals surface area contributed by atoms with Crippen molar-refractivity contribution in [2.45, 2.75) is 25.8 Å². The molecule has 2 rings (SSSR count). The molecule has 4 nitrogen and oxygen atoms in total. The third-order valence-electron chi connectivity index (χ3n) is 3.34. The SMILES string of the molecule is C[C@H]1CCCN(C(=O)c2scnc2Cl)[C@H]1CN. The maximum atomic E-state index is 12.4. The Bertz CT molecular complexity index is 409. The molecule has 1 amide bonds. The first-order chi connectivity index (χ1) is 8.15. The summed E-state index contributed by atoms with van der Waals surface area (Å²) in [7, 11) is 0. The van der Waals surface area contributed by atoms with Crippen molar-refractivity contribution >= 4 is 28.8 Å². The van der Waals surface area contributed by atoms with E-state index in [0.717, 1.165) is 19.4 Å². The molecular weight excluding hydrogens is 258 g/mol. The van der Waals surface area contributed by atoms with Gasteiger partial charge < -0.3 is 10.6 Å². The van der Waals surface area contributed by atoms with Crippen molar-refractivity contribution in [1.82, 2.24) is 9.88 Å². The first-order valence-corrected chi connectivity index (χ1v) is 7.01. The van der Waals surface area contributed by atoms with Gasteiger partial charge in [-0.3, -0.25) is 4.79 Å². The standard InChI is InChI=1S/C11H16ClN3OS/c1-7-3-2-4-15(8(7)5-13)11(16)9-10(12)14-6-17-9/h6-8H,2-5,13H2,1H3/t7-,8-/m0/s1. The first-order valence-electron chi connectivity index (χ1n) is 5.75. The van der Waals surface area contributed by atoms with Crippen LogP contribution in [-0.4, -0.2) is 34.9 Å². The minimum Gasteiger partial charge on any atom is -0.333 e. The Balaban J connectivity index is 2.21. The maximum Gasteiger partial charge on any atom is 0.267 e. The number of nitrogens with zero attached hydrogens (tertiary/aromatic N) is 2. The van der Waals surface area contributed by atoms with E-state index in [1.165, 1.54) is 11.3 Å². The van der Waals surface area contributed by atoms with Crippen molar-refractivity contribution in [3.8, 4) is 0 Å². The summed E-state index contributed by atoms with van der Waals surface area (Å²) in [5, 5.41) is 0.300. The van der Waals surface area contributed by atoms with Crippen LogP contribution in [0.2, 0.25) is 5.15 Å². The van der Waals surface area contributed by atoms with Crippen LogP contribution in [0.5, 0.6) is 0 Å². The monoisotopic (exact) mass is 273 g/mol. The number of carbonyl (C=O) groups is 1. The second-order valence-electron chi connectivity index (χ2n) is 4.39. The highest BCUT2D eigenvalue weighted by atomic mass is 35.5. The normalized spacial score (nSPS) is 25.0. The van der Waals surface area contributed by atoms with Crippen LogP contribution in [0.25, 0.3) is 0 Å². The fourth-order valence-electron chi connectivity index (χ4n) is 2.36. The Morgan fingerprint density at radius 1 is 1.76 bits per heavy atom. The Kier molecular flexibility index (Phi) is 4.01. The van der Waals surface area contributed by atoms with Gasteiger partial charge in [-0.15, -0.1) is 11.3 Å². The number of hydrogen-bond donors (Lipinski definition) is 1. The van der Waals surface area contributed by atoms with E-state index in [1.807, 2.05) is 4.90 Å². The highest BCUT2D eigenvalue weighted by Crippen LogP contribution is 2.27. The fourth-order valence-corrected chi connectivity index (χ4v) is 3.32. The summed E-state index contributed by atoms with van der Waals surface area (Å²) in [6.45, 7) is 3.41. The predicted octanol–water partition coefficient (Wildman–Crippen LogP) is 2.00. The second kappa shape index (κ2) is 5.33. The van der Waals surface area contributed by atoms with Gasteiger partial charge in [0.05, 0.1) is 5.51 Å². The minimum absolute atomic E-state index is 0.0282. The van der Waals surface area contributed by atoms with E-state index in [4.69, 9.17) is 17.3 Å². The highest BCUT2D eigenvalue weighted by Gasteiger charge is 2.32. The number of amides is 1. The molecule has 94 valence electrons. The van der Waals surface area contributed by atoms with E-state index in [2.05, 4.69) is 11.9 Å². The number of nitrogens with two attached hydrogens (primary N) is 1. The van der Waals surface area contributed by atoms with E-state index < -0.39 is 0 Å². The number of hydrogen-bond acceptors (Lipinski definition) is 4. The molecular formula is C11H16ClN3OS. The lowest BCUT2D eigenvalue weighted by Gasteiger charge is -2.39. The number of piperidine rings is 1. The molecule has 0 spiro atoms. The zero-order valence-corrected chi connectivity index (χ0v) is 11.3. The molecule has 0 radical (unpaired) electrons. The number of carbonyl (C=O) groups excluding carboxylic acids is 1. The number of halogens is 1. The van der Waals surface area contributed by atoms with Crippen LogP contribution in [-0.2, 0) is 0 Å². The van der Waals surface area contributed by atoms with Gasteiger partial charge in [-0.2, -0.15) is 0 Å². The van der Waals surface area contributed by atoms with Crippen molar-refractivity contribution in [3.63, 3.8) is 0 Å². The zero-order chi connectivity index (χ0) is 12.4. The van der Waals surface area contributed by atoms with E-state index in [0.29, 0.717) is 22.5 Å². The van der Waals surface area contributed by atoms with Gasteiger partial charge in [0, 0.05) is 19.1 Å². The van der Waals surface area contributed by atoms with E-state index in [9.17, 15) is 4.79 Å². The number of rotatable bonds is 2. The van der Waals surface area contributed by atoms with Crippen molar-refractivity contribution in [2.24, 2.45) is 11.7 Å². The lowest BCUT2D eigenvalue weighted by Crippen LogP contribution is -2.51. The summed E-state index contributed by atoms with van der Waals surface area (Å²) in [4.78, 5) is 18.6. The Morgan fingerprint density at radius 2 is 2.53 bits per heavy atom. The van der Waals surface area contributed by atoms with Crippen LogP contribution in [0.4, 0.5) is 0 Å². The molecule has 0 aromatic carbocycles. The summed E-state index contributed by atoms with van der Waals surface area (Å²) < 4.78 is 0. The van der Waals surface area contributed by atoms with Crippen LogP contribution < -0.4 is 5.73 Å². The van der Waals surface area contributed by atoms with Gasteiger partial charge >= 0.3 is 0 Å². The molecule has 2 N–H and O–H groups in total. The van der Waals surface area contributed by atoms with Gasteiger partial charge in [0.2, 0.25) is 0 Å². The average molecular weight is 274 g/mol. The van der Waals surface area contributed by atoms with E-state index in [1.54, 1.807) is 5.51 Å². The molecule has 1 aliphatic heterocycles. The minimum atomic E-state index is -0.0282. The van der Waals surface area contributed by atoms with Crippen LogP contribution in [0.1, 0.15) is 29.4 Å². The largest absolute Gasteiger partial charge is 0.333 e. The zero-order valence-electron chi connectivity index (χ0n) is 9.73. The molecule has 17 heavy (non-hydrogen) atoms. The molecule has 0 aliphatic carbocycles. The van der Waals surface area contributed by atoms with Gasteiger partial charge in [0.15, 0.2) is 5.15 Å². The Morgan fingerprint density at radius 3 is 3.12 bits per heavy atom. The molecule has 1 fully saturated rings. The number of likely N-dealkylation sites (tertiary alicyclic amines) is 1. The molecule has 0 unspecified atom stereocenters. The third kappa shape index (κ3) is 2.46. The molecule has 2 atom stereocenters. The summed E-state index contributed by atoms with van der Waals surface area (Å²) in [6.07, 6.45) is 2.15. The molecule has 1 saturated heterocycles. The van der Waals surface area contributed by atoms with Crippen molar-refractivity contribution < 1.29 is 4.79 Å².